The van der Waals surface area contributed by atoms with E-state index >= 15 is 0 Å². The molecule has 1 N–H and O–H groups in total. The van der Waals surface area contributed by atoms with E-state index in [0.717, 1.165) is 33.7 Å². The van der Waals surface area contributed by atoms with Gasteiger partial charge in [0.2, 0.25) is 10.0 Å². The lowest BCUT2D eigenvalue weighted by molar-refractivity contribution is -0.137. The molecule has 0 atom stereocenters. The molecule has 0 bridgehead atoms. The molecule has 3 aromatic rings. The number of halogens is 3. The van der Waals surface area contributed by atoms with E-state index in [9.17, 15) is 39.6 Å². The molecule has 0 aliphatic heterocycles. The molecule has 1 amide bonds. The summed E-state index contributed by atoms with van der Waals surface area (Å²) in [5.41, 5.74) is -2.72. The van der Waals surface area contributed by atoms with E-state index in [2.05, 4.69) is 4.98 Å². The molecule has 0 fully saturated rings. The summed E-state index contributed by atoms with van der Waals surface area (Å²) in [5.74, 6) is -1.10. The van der Waals surface area contributed by atoms with Gasteiger partial charge in [-0.15, -0.1) is 0 Å². The maximum Gasteiger partial charge on any atom is 0.416 e. The summed E-state index contributed by atoms with van der Waals surface area (Å²) in [6.45, 7) is 0.747. The van der Waals surface area contributed by atoms with E-state index in [0.29, 0.717) is 11.6 Å². The minimum atomic E-state index is -4.75. The van der Waals surface area contributed by atoms with Gasteiger partial charge < -0.3 is 9.88 Å². The van der Waals surface area contributed by atoms with Crippen LogP contribution in [0.15, 0.2) is 69.2 Å². The Morgan fingerprint density at radius 3 is 2.24 bits per heavy atom. The molecule has 1 aromatic heterocycles. The van der Waals surface area contributed by atoms with Gasteiger partial charge in [-0.3, -0.25) is 9.59 Å². The minimum absolute atomic E-state index is 0.0245. The van der Waals surface area contributed by atoms with Gasteiger partial charge in [-0.05, 0) is 48.9 Å². The normalized spacial score (nSPS) is 12.2. The second-order valence-corrected chi connectivity index (χ2v) is 13.1. The second-order valence-electron chi connectivity index (χ2n) is 9.09. The number of aromatic amines is 1. The standard InChI is InChI=1S/C26H25F3N4O6S2/c1-17-23(41(38,39)32(2)13-5-12-30)15-22(24(34)31-17)25(35)33(20-7-4-6-19(14-20)26(27,28)29)16-18-8-10-21(11-9-18)40(3,36)37/h4,6-11,14-15H,5,13,16H2,1-3H3,(H,31,34). The van der Waals surface area contributed by atoms with Crippen molar-refractivity contribution in [3.63, 3.8) is 0 Å². The minimum Gasteiger partial charge on any atom is -0.324 e. The van der Waals surface area contributed by atoms with E-state index in [1.807, 2.05) is 6.07 Å². The Bertz CT molecular complexity index is 1780. The van der Waals surface area contributed by atoms with E-state index in [4.69, 9.17) is 5.26 Å². The molecule has 41 heavy (non-hydrogen) atoms. The zero-order valence-electron chi connectivity index (χ0n) is 22.1. The number of carbonyl (C=O) groups excluding carboxylic acids is 1. The highest BCUT2D eigenvalue weighted by Crippen LogP contribution is 2.32. The molecule has 0 saturated carbocycles. The zero-order valence-corrected chi connectivity index (χ0v) is 23.7. The van der Waals surface area contributed by atoms with Crippen molar-refractivity contribution < 1.29 is 34.8 Å². The van der Waals surface area contributed by atoms with Crippen molar-refractivity contribution in [1.29, 1.82) is 5.26 Å². The first-order valence-corrected chi connectivity index (χ1v) is 15.2. The molecule has 2 aromatic carbocycles. The number of nitriles is 1. The maximum absolute atomic E-state index is 13.8. The van der Waals surface area contributed by atoms with Crippen LogP contribution in [-0.4, -0.2) is 51.9 Å². The third-order valence-corrected chi connectivity index (χ3v) is 9.18. The molecule has 1 heterocycles. The topological polar surface area (TPSA) is 148 Å². The van der Waals surface area contributed by atoms with Crippen LogP contribution in [0.1, 0.15) is 33.6 Å². The number of sulfonamides is 1. The van der Waals surface area contributed by atoms with Crippen LogP contribution in [0.4, 0.5) is 18.9 Å². The van der Waals surface area contributed by atoms with Crippen LogP contribution in [0.2, 0.25) is 0 Å². The molecule has 0 radical (unpaired) electrons. The number of nitrogens with one attached hydrogen (secondary N) is 1. The number of carbonyl (C=O) groups is 1. The van der Waals surface area contributed by atoms with Crippen LogP contribution >= 0.6 is 0 Å². The van der Waals surface area contributed by atoms with Gasteiger partial charge in [0.15, 0.2) is 9.84 Å². The number of aryl methyl sites for hydroxylation is 1. The lowest BCUT2D eigenvalue weighted by Crippen LogP contribution is -2.36. The average molecular weight is 611 g/mol. The third kappa shape index (κ3) is 7.20. The summed E-state index contributed by atoms with van der Waals surface area (Å²) >= 11 is 0. The molecular weight excluding hydrogens is 585 g/mol. The summed E-state index contributed by atoms with van der Waals surface area (Å²) in [6, 6.07) is 11.7. The number of hydrogen-bond donors (Lipinski definition) is 1. The average Bonchev–Trinajstić information content (AvgIpc) is 2.89. The number of hydrogen-bond acceptors (Lipinski definition) is 7. The summed E-state index contributed by atoms with van der Waals surface area (Å²) in [6.07, 6.45) is -3.88. The van der Waals surface area contributed by atoms with E-state index in [1.54, 1.807) is 0 Å². The van der Waals surface area contributed by atoms with Gasteiger partial charge in [-0.25, -0.2) is 16.8 Å². The number of benzene rings is 2. The molecule has 0 unspecified atom stereocenters. The number of H-pyrrole nitrogens is 1. The summed E-state index contributed by atoms with van der Waals surface area (Å²) in [5, 5.41) is 8.81. The van der Waals surface area contributed by atoms with Crippen LogP contribution in [-0.2, 0) is 32.6 Å². The van der Waals surface area contributed by atoms with Gasteiger partial charge >= 0.3 is 6.18 Å². The molecule has 0 aliphatic rings. The van der Waals surface area contributed by atoms with E-state index in [1.165, 1.54) is 44.3 Å². The predicted octanol–water partition coefficient (Wildman–Crippen LogP) is 3.49. The van der Waals surface area contributed by atoms with Crippen LogP contribution < -0.4 is 10.5 Å². The SMILES string of the molecule is Cc1[nH]c(=O)c(C(=O)N(Cc2ccc(S(C)(=O)=O)cc2)c2cccc(C(F)(F)F)c2)cc1S(=O)(=O)N(C)CCC#N. The molecule has 15 heteroatoms. The molecule has 0 spiro atoms. The van der Waals surface area contributed by atoms with Crippen LogP contribution in [0.3, 0.4) is 0 Å². The van der Waals surface area contributed by atoms with Gasteiger partial charge in [0.25, 0.3) is 11.5 Å². The lowest BCUT2D eigenvalue weighted by atomic mass is 10.1. The number of aromatic nitrogens is 1. The van der Waals surface area contributed by atoms with Crippen LogP contribution in [0.5, 0.6) is 0 Å². The van der Waals surface area contributed by atoms with Crippen molar-refractivity contribution in [2.75, 3.05) is 24.7 Å². The molecule has 0 aliphatic carbocycles. The third-order valence-electron chi connectivity index (χ3n) is 6.07. The molecule has 218 valence electrons. The summed E-state index contributed by atoms with van der Waals surface area (Å²) in [7, 11) is -6.61. The first kappa shape index (κ1) is 31.5. The number of alkyl halides is 3. The van der Waals surface area contributed by atoms with E-state index in [-0.39, 0.29) is 35.8 Å². The smallest absolute Gasteiger partial charge is 0.324 e. The maximum atomic E-state index is 13.8. The number of anilines is 1. The largest absolute Gasteiger partial charge is 0.416 e. The van der Waals surface area contributed by atoms with Crippen molar-refractivity contribution in [3.8, 4) is 6.07 Å². The zero-order chi connectivity index (χ0) is 30.8. The quantitative estimate of drug-likeness (QED) is 0.390. The molecular formula is C26H25F3N4O6S2. The Morgan fingerprint density at radius 2 is 1.68 bits per heavy atom. The van der Waals surface area contributed by atoms with Crippen molar-refractivity contribution in [2.45, 2.75) is 35.9 Å². The van der Waals surface area contributed by atoms with Crippen molar-refractivity contribution >= 4 is 31.5 Å². The molecule has 0 saturated heterocycles. The first-order chi connectivity index (χ1) is 19.0. The van der Waals surface area contributed by atoms with Gasteiger partial charge in [-0.1, -0.05) is 18.2 Å². The Morgan fingerprint density at radius 1 is 1.05 bits per heavy atom. The predicted molar refractivity (Wildman–Crippen MR) is 143 cm³/mol. The Balaban J connectivity index is 2.16. The van der Waals surface area contributed by atoms with Crippen LogP contribution in [0.25, 0.3) is 0 Å². The van der Waals surface area contributed by atoms with Gasteiger partial charge in [0.05, 0.1) is 23.1 Å². The van der Waals surface area contributed by atoms with E-state index < -0.39 is 53.5 Å². The Kier molecular flexibility index (Phi) is 9.11. The van der Waals surface area contributed by atoms with Gasteiger partial charge in [-0.2, -0.15) is 22.7 Å². The fraction of sp³-hybridized carbons (Fsp3) is 0.269. The summed E-state index contributed by atoms with van der Waals surface area (Å²) in [4.78, 5) is 29.4. The van der Waals surface area contributed by atoms with Crippen molar-refractivity contribution in [2.24, 2.45) is 0 Å². The van der Waals surface area contributed by atoms with Gasteiger partial charge in [0.1, 0.15) is 10.5 Å². The number of amides is 1. The number of pyridine rings is 1. The fourth-order valence-electron chi connectivity index (χ4n) is 3.83. The molecule has 3 rings (SSSR count). The second kappa shape index (κ2) is 11.9. The highest BCUT2D eigenvalue weighted by molar-refractivity contribution is 7.90. The monoisotopic (exact) mass is 610 g/mol. The van der Waals surface area contributed by atoms with Gasteiger partial charge in [0, 0.05) is 37.7 Å². The highest BCUT2D eigenvalue weighted by Gasteiger charge is 2.32. The Labute approximate surface area is 234 Å². The fourth-order valence-corrected chi connectivity index (χ4v) is 5.83. The number of sulfone groups is 1. The molecule has 10 nitrogen and oxygen atoms in total. The van der Waals surface area contributed by atoms with Crippen LogP contribution in [0, 0.1) is 18.3 Å². The van der Waals surface area contributed by atoms with Crippen molar-refractivity contribution in [1.82, 2.24) is 9.29 Å². The van der Waals surface area contributed by atoms with Crippen molar-refractivity contribution in [3.05, 3.63) is 87.3 Å². The lowest BCUT2D eigenvalue weighted by Gasteiger charge is -2.24. The first-order valence-electron chi connectivity index (χ1n) is 11.8. The summed E-state index contributed by atoms with van der Waals surface area (Å²) < 4.78 is 91.3. The number of rotatable bonds is 9. The number of nitrogens with zero attached hydrogens (tertiary/aromatic N) is 3. The highest BCUT2D eigenvalue weighted by atomic mass is 32.2. The Hall–Kier alpha value is -4.00.